The molecule has 2 unspecified atom stereocenters. The summed E-state index contributed by atoms with van der Waals surface area (Å²) in [5.41, 5.74) is 1.08. The molecule has 30 heavy (non-hydrogen) atoms. The minimum atomic E-state index is -2.08. The van der Waals surface area contributed by atoms with Crippen LogP contribution in [0.15, 0.2) is 48.5 Å². The van der Waals surface area contributed by atoms with E-state index in [2.05, 4.69) is 20.8 Å². The van der Waals surface area contributed by atoms with Gasteiger partial charge in [-0.3, -0.25) is 14.5 Å². The molecule has 1 heterocycles. The smallest absolute Gasteiger partial charge is 0.261 e. The Hall–Kier alpha value is -2.51. The van der Waals surface area contributed by atoms with Gasteiger partial charge < -0.3 is 9.16 Å². The number of methoxy groups -OCH3 is 1. The minimum Gasteiger partial charge on any atom is -0.497 e. The Balaban J connectivity index is 1.94. The lowest BCUT2D eigenvalue weighted by atomic mass is 9.90. The van der Waals surface area contributed by atoms with Gasteiger partial charge in [0.1, 0.15) is 11.6 Å². The summed E-state index contributed by atoms with van der Waals surface area (Å²) >= 11 is 0. The van der Waals surface area contributed by atoms with E-state index >= 15 is 0 Å². The zero-order chi connectivity index (χ0) is 21.9. The van der Waals surface area contributed by atoms with Gasteiger partial charge in [-0.1, -0.05) is 32.9 Å². The lowest BCUT2D eigenvalue weighted by Crippen LogP contribution is -2.64. The van der Waals surface area contributed by atoms with Gasteiger partial charge in [0.25, 0.3) is 11.8 Å². The zero-order valence-corrected chi connectivity index (χ0v) is 18.9. The normalized spacial score (nSPS) is 18.8. The summed E-state index contributed by atoms with van der Waals surface area (Å²) in [5, 5.41) is 0. The van der Waals surface area contributed by atoms with Crippen molar-refractivity contribution < 1.29 is 23.1 Å². The van der Waals surface area contributed by atoms with Crippen molar-refractivity contribution in [3.8, 4) is 5.75 Å². The van der Waals surface area contributed by atoms with Gasteiger partial charge in [-0.25, -0.2) is 4.39 Å². The number of imide groups is 1. The SMILES string of the molecule is CC[Si](CC)(CC)OC1C(=O)N(C(=O)c2ccc(OC)cc2)C1c1ccc(F)cc1. The van der Waals surface area contributed by atoms with E-state index in [1.54, 1.807) is 43.5 Å². The van der Waals surface area contributed by atoms with Crippen molar-refractivity contribution >= 4 is 20.1 Å². The molecule has 2 aromatic rings. The van der Waals surface area contributed by atoms with Crippen LogP contribution in [0.2, 0.25) is 18.1 Å². The van der Waals surface area contributed by atoms with Crippen LogP contribution in [-0.4, -0.2) is 38.2 Å². The summed E-state index contributed by atoms with van der Waals surface area (Å²) in [5.74, 6) is -0.470. The van der Waals surface area contributed by atoms with Crippen molar-refractivity contribution in [2.24, 2.45) is 0 Å². The fourth-order valence-corrected chi connectivity index (χ4v) is 6.70. The number of amides is 2. The van der Waals surface area contributed by atoms with E-state index in [9.17, 15) is 14.0 Å². The molecule has 0 N–H and O–H groups in total. The number of nitrogens with zero attached hydrogens (tertiary/aromatic N) is 1. The van der Waals surface area contributed by atoms with Crippen molar-refractivity contribution in [3.05, 3.63) is 65.5 Å². The second kappa shape index (κ2) is 9.10. The molecule has 1 aliphatic heterocycles. The van der Waals surface area contributed by atoms with Gasteiger partial charge in [-0.15, -0.1) is 0 Å². The zero-order valence-electron chi connectivity index (χ0n) is 17.9. The van der Waals surface area contributed by atoms with Crippen molar-refractivity contribution in [1.82, 2.24) is 4.90 Å². The first-order chi connectivity index (χ1) is 14.4. The van der Waals surface area contributed by atoms with Gasteiger partial charge in [0.05, 0.1) is 13.2 Å². The van der Waals surface area contributed by atoms with E-state index in [4.69, 9.17) is 9.16 Å². The predicted octanol–water partition coefficient (Wildman–Crippen LogP) is 4.95. The number of hydrogen-bond acceptors (Lipinski definition) is 4. The summed E-state index contributed by atoms with van der Waals surface area (Å²) < 4.78 is 25.1. The second-order valence-electron chi connectivity index (χ2n) is 7.52. The van der Waals surface area contributed by atoms with Crippen LogP contribution in [0, 0.1) is 5.82 Å². The van der Waals surface area contributed by atoms with Gasteiger partial charge >= 0.3 is 0 Å². The van der Waals surface area contributed by atoms with Crippen LogP contribution >= 0.6 is 0 Å². The quantitative estimate of drug-likeness (QED) is 0.339. The molecular formula is C23H28FNO4Si. The van der Waals surface area contributed by atoms with Crippen LogP contribution in [0.25, 0.3) is 0 Å². The largest absolute Gasteiger partial charge is 0.497 e. The summed E-state index contributed by atoms with van der Waals surface area (Å²) in [6, 6.07) is 14.7. The number of halogens is 1. The molecule has 0 radical (unpaired) electrons. The Labute approximate surface area is 177 Å². The molecule has 5 nitrogen and oxygen atoms in total. The number of β-lactam (4-membered cyclic amide) rings is 1. The van der Waals surface area contributed by atoms with E-state index in [1.807, 2.05) is 0 Å². The van der Waals surface area contributed by atoms with Crippen LogP contribution in [0.5, 0.6) is 5.75 Å². The number of hydrogen-bond donors (Lipinski definition) is 0. The number of carbonyl (C=O) groups is 2. The van der Waals surface area contributed by atoms with Gasteiger partial charge in [0.2, 0.25) is 0 Å². The van der Waals surface area contributed by atoms with Crippen molar-refractivity contribution in [1.29, 1.82) is 0 Å². The van der Waals surface area contributed by atoms with Gasteiger partial charge in [-0.05, 0) is 60.1 Å². The van der Waals surface area contributed by atoms with Crippen LogP contribution < -0.4 is 4.74 Å². The maximum Gasteiger partial charge on any atom is 0.261 e. The lowest BCUT2D eigenvalue weighted by molar-refractivity contribution is -0.158. The number of benzene rings is 2. The second-order valence-corrected chi connectivity index (χ2v) is 12.2. The summed E-state index contributed by atoms with van der Waals surface area (Å²) in [6.45, 7) is 6.28. The molecule has 2 amide bonds. The topological polar surface area (TPSA) is 55.8 Å². The highest BCUT2D eigenvalue weighted by atomic mass is 28.4. The maximum atomic E-state index is 13.5. The minimum absolute atomic E-state index is 0.336. The maximum absolute atomic E-state index is 13.5. The van der Waals surface area contributed by atoms with E-state index in [1.165, 1.54) is 17.0 Å². The standard InChI is InChI=1S/C23H28FNO4Si/c1-5-30(6-2,7-3)29-21-20(16-8-12-18(24)13-9-16)25(23(21)27)22(26)17-10-14-19(28-4)15-11-17/h8-15,20-21H,5-7H2,1-4H3. The van der Waals surface area contributed by atoms with Crippen molar-refractivity contribution in [3.63, 3.8) is 0 Å². The third-order valence-electron chi connectivity index (χ3n) is 6.12. The average molecular weight is 430 g/mol. The Morgan fingerprint density at radius 3 is 2.07 bits per heavy atom. The highest BCUT2D eigenvalue weighted by Gasteiger charge is 2.54. The molecule has 0 aliphatic carbocycles. The molecule has 0 aromatic heterocycles. The lowest BCUT2D eigenvalue weighted by Gasteiger charge is -2.48. The predicted molar refractivity (Wildman–Crippen MR) is 115 cm³/mol. The Bertz CT molecular complexity index is 888. The Kier molecular flexibility index (Phi) is 6.73. The van der Waals surface area contributed by atoms with Gasteiger partial charge in [-0.2, -0.15) is 0 Å². The number of ether oxygens (including phenoxy) is 1. The van der Waals surface area contributed by atoms with Crippen LogP contribution in [0.4, 0.5) is 4.39 Å². The van der Waals surface area contributed by atoms with Crippen LogP contribution in [-0.2, 0) is 9.22 Å². The molecule has 0 bridgehead atoms. The third-order valence-corrected chi connectivity index (χ3v) is 10.7. The molecule has 160 valence electrons. The number of likely N-dealkylation sites (tertiary alicyclic amines) is 1. The fraction of sp³-hybridized carbons (Fsp3) is 0.391. The molecule has 2 aromatic carbocycles. The van der Waals surface area contributed by atoms with Crippen molar-refractivity contribution in [2.45, 2.75) is 51.0 Å². The molecule has 3 rings (SSSR count). The molecule has 1 fully saturated rings. The third kappa shape index (κ3) is 4.04. The monoisotopic (exact) mass is 429 g/mol. The van der Waals surface area contributed by atoms with E-state index < -0.39 is 26.4 Å². The molecule has 7 heteroatoms. The molecule has 1 aliphatic rings. The summed E-state index contributed by atoms with van der Waals surface area (Å²) in [7, 11) is -0.534. The molecule has 0 saturated carbocycles. The molecule has 2 atom stereocenters. The van der Waals surface area contributed by atoms with Crippen molar-refractivity contribution in [2.75, 3.05) is 7.11 Å². The number of carbonyl (C=O) groups excluding carboxylic acids is 2. The first kappa shape index (κ1) is 22.2. The summed E-state index contributed by atoms with van der Waals surface area (Å²) in [4.78, 5) is 27.5. The van der Waals surface area contributed by atoms with E-state index in [-0.39, 0.29) is 11.7 Å². The average Bonchev–Trinajstić information content (AvgIpc) is 2.79. The van der Waals surface area contributed by atoms with Crippen LogP contribution in [0.3, 0.4) is 0 Å². The summed E-state index contributed by atoms with van der Waals surface area (Å²) in [6.07, 6.45) is -0.718. The Morgan fingerprint density at radius 2 is 1.57 bits per heavy atom. The first-order valence-corrected chi connectivity index (χ1v) is 12.9. The highest BCUT2D eigenvalue weighted by molar-refractivity contribution is 6.73. The van der Waals surface area contributed by atoms with Gasteiger partial charge in [0, 0.05) is 5.56 Å². The molecule has 1 saturated heterocycles. The molecular weight excluding hydrogens is 401 g/mol. The van der Waals surface area contributed by atoms with E-state index in [0.29, 0.717) is 16.9 Å². The van der Waals surface area contributed by atoms with Crippen LogP contribution in [0.1, 0.15) is 42.7 Å². The van der Waals surface area contributed by atoms with E-state index in [0.717, 1.165) is 18.1 Å². The fourth-order valence-electron chi connectivity index (χ4n) is 3.93. The van der Waals surface area contributed by atoms with Gasteiger partial charge in [0.15, 0.2) is 14.4 Å². The Morgan fingerprint density at radius 1 is 1.00 bits per heavy atom. The molecule has 0 spiro atoms. The number of rotatable bonds is 8. The first-order valence-electron chi connectivity index (χ1n) is 10.3. The highest BCUT2D eigenvalue weighted by Crippen LogP contribution is 2.41.